The molecule has 0 radical (unpaired) electrons. The number of aromatic nitrogens is 4. The number of amides is 2. The molecule has 37 heavy (non-hydrogen) atoms. The number of hydrogen-bond donors (Lipinski definition) is 2. The molecule has 5 rings (SSSR count). The van der Waals surface area contributed by atoms with Gasteiger partial charge in [0.2, 0.25) is 5.88 Å². The fraction of sp³-hybridized carbons (Fsp3) is 0.333. The van der Waals surface area contributed by atoms with Gasteiger partial charge in [-0.05, 0) is 50.6 Å². The van der Waals surface area contributed by atoms with Crippen molar-refractivity contribution in [2.75, 3.05) is 31.6 Å². The zero-order chi connectivity index (χ0) is 26.2. The maximum Gasteiger partial charge on any atom is 0.318 e. The maximum absolute atomic E-state index is 13.3. The molecule has 1 aliphatic rings. The molecule has 0 bridgehead atoms. The van der Waals surface area contributed by atoms with E-state index in [9.17, 15) is 4.79 Å². The minimum atomic E-state index is -0.425. The summed E-state index contributed by atoms with van der Waals surface area (Å²) in [7, 11) is 1.60. The number of halogens is 1. The van der Waals surface area contributed by atoms with Crippen LogP contribution in [0.15, 0.2) is 55.0 Å². The average molecular weight is 520 g/mol. The minimum absolute atomic E-state index is 0.0967. The van der Waals surface area contributed by atoms with E-state index in [4.69, 9.17) is 16.3 Å². The molecule has 3 aromatic heterocycles. The Morgan fingerprint density at radius 2 is 2.00 bits per heavy atom. The number of carbonyl (C=O) groups is 1. The Bertz CT molecular complexity index is 1440. The van der Waals surface area contributed by atoms with Gasteiger partial charge in [0.1, 0.15) is 17.8 Å². The number of pyridine rings is 1. The van der Waals surface area contributed by atoms with Gasteiger partial charge in [0.25, 0.3) is 0 Å². The lowest BCUT2D eigenvalue weighted by Crippen LogP contribution is -2.63. The van der Waals surface area contributed by atoms with Crippen molar-refractivity contribution in [3.8, 4) is 17.1 Å². The molecule has 1 aromatic carbocycles. The molecule has 2 amide bonds. The third kappa shape index (κ3) is 5.04. The Labute approximate surface area is 220 Å². The predicted molar refractivity (Wildman–Crippen MR) is 145 cm³/mol. The predicted octanol–water partition coefficient (Wildman–Crippen LogP) is 5.05. The molecular weight excluding hydrogens is 490 g/mol. The highest BCUT2D eigenvalue weighted by atomic mass is 35.5. The summed E-state index contributed by atoms with van der Waals surface area (Å²) in [4.78, 5) is 34.0. The highest BCUT2D eigenvalue weighted by molar-refractivity contribution is 6.30. The number of nitrogens with one attached hydrogen (secondary N) is 2. The lowest BCUT2D eigenvalue weighted by molar-refractivity contribution is 0.121. The number of piperazine rings is 1. The second-order valence-electron chi connectivity index (χ2n) is 9.84. The molecule has 0 unspecified atom stereocenters. The second-order valence-corrected chi connectivity index (χ2v) is 10.3. The summed E-state index contributed by atoms with van der Waals surface area (Å²) in [5.74, 6) is 1.39. The first kappa shape index (κ1) is 24.8. The van der Waals surface area contributed by atoms with Crippen LogP contribution in [0.25, 0.3) is 22.3 Å². The van der Waals surface area contributed by atoms with E-state index in [2.05, 4.69) is 50.1 Å². The fourth-order valence-electron chi connectivity index (χ4n) is 4.86. The molecule has 9 nitrogen and oxygen atoms in total. The van der Waals surface area contributed by atoms with Crippen molar-refractivity contribution in [3.63, 3.8) is 0 Å². The van der Waals surface area contributed by atoms with Crippen molar-refractivity contribution in [3.05, 3.63) is 65.6 Å². The van der Waals surface area contributed by atoms with Crippen LogP contribution < -0.4 is 15.0 Å². The Morgan fingerprint density at radius 3 is 2.76 bits per heavy atom. The van der Waals surface area contributed by atoms with Crippen molar-refractivity contribution in [1.29, 1.82) is 0 Å². The van der Waals surface area contributed by atoms with Gasteiger partial charge in [-0.1, -0.05) is 23.7 Å². The molecule has 4 aromatic rings. The second kappa shape index (κ2) is 9.89. The van der Waals surface area contributed by atoms with Crippen LogP contribution >= 0.6 is 11.6 Å². The smallest absolute Gasteiger partial charge is 0.318 e. The first-order chi connectivity index (χ1) is 17.7. The summed E-state index contributed by atoms with van der Waals surface area (Å²) in [6, 6.07) is 13.2. The molecule has 2 N–H and O–H groups in total. The number of methoxy groups -OCH3 is 1. The van der Waals surface area contributed by atoms with Crippen molar-refractivity contribution in [1.82, 2.24) is 30.2 Å². The number of urea groups is 1. The van der Waals surface area contributed by atoms with Gasteiger partial charge in [-0.15, -0.1) is 0 Å². The Morgan fingerprint density at radius 1 is 1.16 bits per heavy atom. The minimum Gasteiger partial charge on any atom is -0.481 e. The van der Waals surface area contributed by atoms with Gasteiger partial charge in [-0.2, -0.15) is 0 Å². The molecule has 4 heterocycles. The van der Waals surface area contributed by atoms with Gasteiger partial charge in [0.15, 0.2) is 0 Å². The van der Waals surface area contributed by atoms with Gasteiger partial charge in [-0.3, -0.25) is 0 Å². The van der Waals surface area contributed by atoms with E-state index < -0.39 is 5.54 Å². The first-order valence-corrected chi connectivity index (χ1v) is 12.6. The van der Waals surface area contributed by atoms with Crippen LogP contribution in [0.5, 0.6) is 5.88 Å². The first-order valence-electron chi connectivity index (χ1n) is 12.2. The third-order valence-electron chi connectivity index (χ3n) is 6.79. The number of aromatic amines is 1. The fourth-order valence-corrected chi connectivity index (χ4v) is 5.06. The molecular formula is C27H30ClN7O2. The summed E-state index contributed by atoms with van der Waals surface area (Å²) in [6.45, 7) is 7.96. The highest BCUT2D eigenvalue weighted by Gasteiger charge is 2.38. The lowest BCUT2D eigenvalue weighted by Gasteiger charge is -2.47. The van der Waals surface area contributed by atoms with E-state index in [-0.39, 0.29) is 12.1 Å². The summed E-state index contributed by atoms with van der Waals surface area (Å²) >= 11 is 6.14. The summed E-state index contributed by atoms with van der Waals surface area (Å²) in [5.41, 5.74) is 3.15. The number of fused-ring (bicyclic) bond motifs is 1. The quantitative estimate of drug-likeness (QED) is 0.382. The van der Waals surface area contributed by atoms with E-state index in [0.717, 1.165) is 33.7 Å². The number of benzene rings is 1. The Balaban J connectivity index is 1.35. The Hall–Kier alpha value is -3.85. The van der Waals surface area contributed by atoms with E-state index in [1.807, 2.05) is 48.2 Å². The largest absolute Gasteiger partial charge is 0.481 e. The van der Waals surface area contributed by atoms with Crippen LogP contribution in [0.2, 0.25) is 5.02 Å². The standard InChI is InChI=1S/C27H30ClN7O2/c1-17(18-6-5-7-20(28)12-18)32-26(36)35-11-10-34(15-27(35,2)3)25-21-14-22(33-24(21)30-16-31-25)19-8-9-29-23(13-19)37-4/h5-9,12-14,16-17H,10-11,15H2,1-4H3,(H,32,36)(H,30,31,33)/t17-/m0/s1. The van der Waals surface area contributed by atoms with Gasteiger partial charge in [0.05, 0.1) is 24.1 Å². The zero-order valence-corrected chi connectivity index (χ0v) is 22.1. The number of ether oxygens (including phenoxy) is 1. The van der Waals surface area contributed by atoms with Crippen molar-refractivity contribution in [2.24, 2.45) is 0 Å². The van der Waals surface area contributed by atoms with Crippen LogP contribution in [0.1, 0.15) is 32.4 Å². The highest BCUT2D eigenvalue weighted by Crippen LogP contribution is 2.32. The van der Waals surface area contributed by atoms with Crippen LogP contribution in [0.3, 0.4) is 0 Å². The number of anilines is 1. The lowest BCUT2D eigenvalue weighted by atomic mass is 9.98. The summed E-state index contributed by atoms with van der Waals surface area (Å²) in [6.07, 6.45) is 3.29. The molecule has 10 heteroatoms. The maximum atomic E-state index is 13.3. The van der Waals surface area contributed by atoms with Crippen LogP contribution in [-0.2, 0) is 0 Å². The van der Waals surface area contributed by atoms with Crippen molar-refractivity contribution < 1.29 is 9.53 Å². The van der Waals surface area contributed by atoms with Gasteiger partial charge >= 0.3 is 6.03 Å². The summed E-state index contributed by atoms with van der Waals surface area (Å²) < 4.78 is 5.27. The van der Waals surface area contributed by atoms with E-state index in [1.54, 1.807) is 19.6 Å². The van der Waals surface area contributed by atoms with Crippen LogP contribution in [-0.4, -0.2) is 63.1 Å². The Kier molecular flexibility index (Phi) is 6.64. The zero-order valence-electron chi connectivity index (χ0n) is 21.3. The average Bonchev–Trinajstić information content (AvgIpc) is 3.32. The molecule has 0 spiro atoms. The van der Waals surface area contributed by atoms with Crippen molar-refractivity contribution >= 4 is 34.5 Å². The van der Waals surface area contributed by atoms with Gasteiger partial charge in [-0.25, -0.2) is 19.7 Å². The van der Waals surface area contributed by atoms with E-state index in [1.165, 1.54) is 0 Å². The third-order valence-corrected chi connectivity index (χ3v) is 7.03. The van der Waals surface area contributed by atoms with E-state index >= 15 is 0 Å². The van der Waals surface area contributed by atoms with Gasteiger partial charge in [0, 0.05) is 48.2 Å². The molecule has 1 aliphatic heterocycles. The monoisotopic (exact) mass is 519 g/mol. The van der Waals surface area contributed by atoms with Gasteiger partial charge < -0.3 is 24.8 Å². The van der Waals surface area contributed by atoms with Crippen LogP contribution in [0, 0.1) is 0 Å². The molecule has 1 atom stereocenters. The number of H-pyrrole nitrogens is 1. The molecule has 0 aliphatic carbocycles. The molecule has 192 valence electrons. The summed E-state index contributed by atoms with van der Waals surface area (Å²) in [5, 5.41) is 4.71. The SMILES string of the molecule is COc1cc(-c2cc3c(N4CCN(C(=O)N[C@@H](C)c5cccc(Cl)c5)C(C)(C)C4)ncnc3[nH]2)ccn1. The van der Waals surface area contributed by atoms with Crippen molar-refractivity contribution in [2.45, 2.75) is 32.4 Å². The molecule has 1 saturated heterocycles. The topological polar surface area (TPSA) is 99.3 Å². The number of rotatable bonds is 5. The number of carbonyl (C=O) groups excluding carboxylic acids is 1. The molecule has 1 fully saturated rings. The normalized spacial score (nSPS) is 16.0. The van der Waals surface area contributed by atoms with Crippen LogP contribution in [0.4, 0.5) is 10.6 Å². The number of nitrogens with zero attached hydrogens (tertiary/aromatic N) is 5. The molecule has 0 saturated carbocycles. The number of hydrogen-bond acceptors (Lipinski definition) is 6. The van der Waals surface area contributed by atoms with E-state index in [0.29, 0.717) is 30.5 Å².